The van der Waals surface area contributed by atoms with Gasteiger partial charge in [-0.3, -0.25) is 4.79 Å². The number of carbonyl (C=O) groups is 1. The molecule has 2 heterocycles. The smallest absolute Gasteiger partial charge is 0.219 e. The molecule has 1 aromatic heterocycles. The Hall–Kier alpha value is -1.94. The molecule has 1 N–H and O–H groups in total. The van der Waals surface area contributed by atoms with Gasteiger partial charge in [0.25, 0.3) is 0 Å². The number of nitrogens with zero attached hydrogens (tertiary/aromatic N) is 2. The Kier molecular flexibility index (Phi) is 2.72. The molecule has 0 spiro atoms. The molecule has 0 amide bonds. The van der Waals surface area contributed by atoms with Crippen LogP contribution in [-0.2, 0) is 13.5 Å². The van der Waals surface area contributed by atoms with E-state index in [2.05, 4.69) is 16.4 Å². The molecule has 1 aliphatic rings. The SMILES string of the molecule is Cn1ccnc1C(=O)C1NCCc2ccccc21. The highest BCUT2D eigenvalue weighted by Crippen LogP contribution is 2.25. The van der Waals surface area contributed by atoms with E-state index in [9.17, 15) is 4.79 Å². The lowest BCUT2D eigenvalue weighted by Crippen LogP contribution is -2.36. The number of hydrogen-bond acceptors (Lipinski definition) is 3. The maximum absolute atomic E-state index is 12.5. The maximum atomic E-state index is 12.5. The number of carbonyl (C=O) groups excluding carboxylic acids is 1. The second-order valence-corrected chi connectivity index (χ2v) is 4.56. The van der Waals surface area contributed by atoms with E-state index in [1.165, 1.54) is 5.56 Å². The minimum atomic E-state index is -0.268. The maximum Gasteiger partial charge on any atom is 0.219 e. The van der Waals surface area contributed by atoms with Crippen molar-refractivity contribution >= 4 is 5.78 Å². The highest BCUT2D eigenvalue weighted by molar-refractivity contribution is 5.98. The molecule has 0 fully saturated rings. The van der Waals surface area contributed by atoms with Gasteiger partial charge in [-0.05, 0) is 17.5 Å². The molecule has 0 saturated carbocycles. The molecule has 0 saturated heterocycles. The van der Waals surface area contributed by atoms with Gasteiger partial charge in [0.2, 0.25) is 5.78 Å². The Balaban J connectivity index is 2.00. The lowest BCUT2D eigenvalue weighted by atomic mass is 9.92. The third kappa shape index (κ3) is 1.75. The summed E-state index contributed by atoms with van der Waals surface area (Å²) in [6.07, 6.45) is 4.42. The highest BCUT2D eigenvalue weighted by atomic mass is 16.1. The van der Waals surface area contributed by atoms with Crippen LogP contribution >= 0.6 is 0 Å². The Morgan fingerprint density at radius 3 is 3.06 bits per heavy atom. The van der Waals surface area contributed by atoms with E-state index >= 15 is 0 Å². The van der Waals surface area contributed by atoms with Crippen LogP contribution in [0.15, 0.2) is 36.7 Å². The summed E-state index contributed by atoms with van der Waals surface area (Å²) in [7, 11) is 1.84. The number of imidazole rings is 1. The number of benzene rings is 1. The Morgan fingerprint density at radius 2 is 2.28 bits per heavy atom. The first-order valence-corrected chi connectivity index (χ1v) is 6.10. The first-order valence-electron chi connectivity index (χ1n) is 6.10. The first-order chi connectivity index (χ1) is 8.77. The normalized spacial score (nSPS) is 18.4. The monoisotopic (exact) mass is 241 g/mol. The summed E-state index contributed by atoms with van der Waals surface area (Å²) in [5.74, 6) is 0.541. The molecular weight excluding hydrogens is 226 g/mol. The van der Waals surface area contributed by atoms with Crippen molar-refractivity contribution < 1.29 is 4.79 Å². The van der Waals surface area contributed by atoms with Crippen LogP contribution < -0.4 is 5.32 Å². The zero-order valence-corrected chi connectivity index (χ0v) is 10.3. The van der Waals surface area contributed by atoms with Crippen molar-refractivity contribution in [3.63, 3.8) is 0 Å². The molecule has 0 radical (unpaired) electrons. The number of nitrogens with one attached hydrogen (secondary N) is 1. The van der Waals surface area contributed by atoms with Crippen molar-refractivity contribution in [2.75, 3.05) is 6.54 Å². The van der Waals surface area contributed by atoms with Gasteiger partial charge in [0.15, 0.2) is 5.82 Å². The predicted molar refractivity (Wildman–Crippen MR) is 68.4 cm³/mol. The number of ketones is 1. The van der Waals surface area contributed by atoms with Gasteiger partial charge in [-0.25, -0.2) is 4.98 Å². The number of aromatic nitrogens is 2. The van der Waals surface area contributed by atoms with E-state index in [1.807, 2.05) is 25.2 Å². The van der Waals surface area contributed by atoms with Crippen molar-refractivity contribution in [2.45, 2.75) is 12.5 Å². The molecule has 1 aliphatic heterocycles. The van der Waals surface area contributed by atoms with E-state index in [0.717, 1.165) is 18.5 Å². The van der Waals surface area contributed by atoms with E-state index < -0.39 is 0 Å². The fraction of sp³-hybridized carbons (Fsp3) is 0.286. The molecule has 2 aromatic rings. The van der Waals surface area contributed by atoms with E-state index in [0.29, 0.717) is 5.82 Å². The summed E-state index contributed by atoms with van der Waals surface area (Å²) < 4.78 is 1.77. The number of hydrogen-bond donors (Lipinski definition) is 1. The van der Waals surface area contributed by atoms with Crippen molar-refractivity contribution in [2.24, 2.45) is 7.05 Å². The minimum Gasteiger partial charge on any atom is -0.332 e. The van der Waals surface area contributed by atoms with Crippen LogP contribution in [0.1, 0.15) is 27.8 Å². The lowest BCUT2D eigenvalue weighted by Gasteiger charge is -2.25. The summed E-state index contributed by atoms with van der Waals surface area (Å²) in [5.41, 5.74) is 2.33. The fourth-order valence-electron chi connectivity index (χ4n) is 2.47. The predicted octanol–water partition coefficient (Wildman–Crippen LogP) is 1.49. The molecule has 1 unspecified atom stereocenters. The molecular formula is C14H15N3O. The van der Waals surface area contributed by atoms with Crippen LogP contribution in [0, 0.1) is 0 Å². The summed E-state index contributed by atoms with van der Waals surface area (Å²) in [6.45, 7) is 0.831. The van der Waals surface area contributed by atoms with Gasteiger partial charge in [-0.2, -0.15) is 0 Å². The second-order valence-electron chi connectivity index (χ2n) is 4.56. The van der Waals surface area contributed by atoms with E-state index in [4.69, 9.17) is 0 Å². The first kappa shape index (κ1) is 11.2. The van der Waals surface area contributed by atoms with Gasteiger partial charge in [-0.15, -0.1) is 0 Å². The molecule has 0 bridgehead atoms. The van der Waals surface area contributed by atoms with Crippen LogP contribution in [0.5, 0.6) is 0 Å². The number of Topliss-reactive ketones (excluding diaryl/α,β-unsaturated/α-hetero) is 1. The van der Waals surface area contributed by atoms with Crippen LogP contribution in [0.2, 0.25) is 0 Å². The molecule has 4 heteroatoms. The molecule has 1 aromatic carbocycles. The average molecular weight is 241 g/mol. The minimum absolute atomic E-state index is 0.0367. The summed E-state index contributed by atoms with van der Waals surface area (Å²) in [5, 5.41) is 3.29. The zero-order valence-electron chi connectivity index (χ0n) is 10.3. The van der Waals surface area contributed by atoms with Crippen LogP contribution in [-0.4, -0.2) is 21.9 Å². The van der Waals surface area contributed by atoms with Crippen molar-refractivity contribution in [3.05, 3.63) is 53.6 Å². The van der Waals surface area contributed by atoms with Gasteiger partial charge >= 0.3 is 0 Å². The number of fused-ring (bicyclic) bond motifs is 1. The molecule has 1 atom stereocenters. The van der Waals surface area contributed by atoms with Gasteiger partial charge in [0.05, 0.1) is 0 Å². The van der Waals surface area contributed by atoms with Crippen LogP contribution in [0.4, 0.5) is 0 Å². The fourth-order valence-corrected chi connectivity index (χ4v) is 2.47. The van der Waals surface area contributed by atoms with Gasteiger partial charge < -0.3 is 9.88 Å². The molecule has 18 heavy (non-hydrogen) atoms. The summed E-state index contributed by atoms with van der Waals surface area (Å²) in [4.78, 5) is 16.6. The zero-order chi connectivity index (χ0) is 12.5. The quantitative estimate of drug-likeness (QED) is 0.810. The Bertz CT molecular complexity index is 588. The topological polar surface area (TPSA) is 46.9 Å². The van der Waals surface area contributed by atoms with Crippen LogP contribution in [0.3, 0.4) is 0 Å². The lowest BCUT2D eigenvalue weighted by molar-refractivity contribution is 0.0926. The summed E-state index contributed by atoms with van der Waals surface area (Å²) >= 11 is 0. The second kappa shape index (κ2) is 4.38. The van der Waals surface area contributed by atoms with Crippen molar-refractivity contribution in [1.82, 2.24) is 14.9 Å². The van der Waals surface area contributed by atoms with Crippen molar-refractivity contribution in [3.8, 4) is 0 Å². The number of aryl methyl sites for hydroxylation is 1. The van der Waals surface area contributed by atoms with Gasteiger partial charge in [-0.1, -0.05) is 24.3 Å². The van der Waals surface area contributed by atoms with E-state index in [-0.39, 0.29) is 11.8 Å². The third-order valence-corrected chi connectivity index (χ3v) is 3.41. The van der Waals surface area contributed by atoms with Gasteiger partial charge in [0, 0.05) is 26.0 Å². The number of rotatable bonds is 2. The summed E-state index contributed by atoms with van der Waals surface area (Å²) in [6, 6.07) is 7.84. The molecule has 3 rings (SSSR count). The van der Waals surface area contributed by atoms with E-state index in [1.54, 1.807) is 17.0 Å². The molecule has 4 nitrogen and oxygen atoms in total. The van der Waals surface area contributed by atoms with Crippen molar-refractivity contribution in [1.29, 1.82) is 0 Å². The average Bonchev–Trinajstić information content (AvgIpc) is 2.83. The third-order valence-electron chi connectivity index (χ3n) is 3.41. The Morgan fingerprint density at radius 1 is 1.44 bits per heavy atom. The molecule has 0 aliphatic carbocycles. The highest BCUT2D eigenvalue weighted by Gasteiger charge is 2.28. The van der Waals surface area contributed by atoms with Crippen LogP contribution in [0.25, 0.3) is 0 Å². The largest absolute Gasteiger partial charge is 0.332 e. The Labute approximate surface area is 106 Å². The van der Waals surface area contributed by atoms with Gasteiger partial charge in [0.1, 0.15) is 6.04 Å². The standard InChI is InChI=1S/C14H15N3O/c1-17-9-8-16-14(17)13(18)12-11-5-3-2-4-10(11)6-7-15-12/h2-5,8-9,12,15H,6-7H2,1H3. The molecule has 92 valence electrons.